The van der Waals surface area contributed by atoms with Crippen LogP contribution >= 0.6 is 0 Å². The van der Waals surface area contributed by atoms with Crippen LogP contribution in [-0.2, 0) is 0 Å². The Bertz CT molecular complexity index is 515. The summed E-state index contributed by atoms with van der Waals surface area (Å²) in [5.74, 6) is 0.223. The van der Waals surface area contributed by atoms with E-state index in [9.17, 15) is 5.11 Å². The van der Waals surface area contributed by atoms with Crippen molar-refractivity contribution in [2.75, 3.05) is 0 Å². The molecule has 0 saturated carbocycles. The predicted octanol–water partition coefficient (Wildman–Crippen LogP) is 3.12. The summed E-state index contributed by atoms with van der Waals surface area (Å²) in [6.07, 6.45) is 0. The first-order valence-electron chi connectivity index (χ1n) is 5.12. The van der Waals surface area contributed by atoms with Crippen molar-refractivity contribution in [2.45, 2.75) is 6.92 Å². The van der Waals surface area contributed by atoms with E-state index < -0.39 is 0 Å². The van der Waals surface area contributed by atoms with Gasteiger partial charge in [-0.2, -0.15) is 0 Å². The van der Waals surface area contributed by atoms with E-state index in [0.717, 1.165) is 16.7 Å². The minimum absolute atomic E-state index is 0.223. The molecule has 0 atom stereocenters. The van der Waals surface area contributed by atoms with E-state index in [1.165, 1.54) is 0 Å². The second-order valence-electron chi connectivity index (χ2n) is 3.79. The quantitative estimate of drug-likeness (QED) is 0.736. The van der Waals surface area contributed by atoms with Crippen molar-refractivity contribution in [3.63, 3.8) is 0 Å². The number of phenols is 1. The summed E-state index contributed by atoms with van der Waals surface area (Å²) in [5, 5.41) is 17.2. The number of aromatic hydroxyl groups is 1. The van der Waals surface area contributed by atoms with E-state index in [1.807, 2.05) is 31.2 Å². The summed E-state index contributed by atoms with van der Waals surface area (Å²) in [6.45, 7) is 2.01. The lowest BCUT2D eigenvalue weighted by molar-refractivity contribution is 0.475. The van der Waals surface area contributed by atoms with Crippen molar-refractivity contribution in [3.8, 4) is 5.75 Å². The third-order valence-electron chi connectivity index (χ3n) is 2.46. The van der Waals surface area contributed by atoms with Gasteiger partial charge >= 0.3 is 0 Å². The zero-order valence-corrected chi connectivity index (χ0v) is 9.07. The van der Waals surface area contributed by atoms with Gasteiger partial charge in [-0.25, -0.2) is 0 Å². The molecule has 0 saturated heterocycles. The Labute approximate surface area is 94.7 Å². The highest BCUT2D eigenvalue weighted by atomic mass is 16.3. The topological polar surface area (TPSA) is 44.1 Å². The van der Waals surface area contributed by atoms with Gasteiger partial charge in [0.2, 0.25) is 0 Å². The van der Waals surface area contributed by atoms with Crippen molar-refractivity contribution in [2.24, 2.45) is 0 Å². The van der Waals surface area contributed by atoms with E-state index in [4.69, 9.17) is 5.41 Å². The number of nitrogens with one attached hydrogen (secondary N) is 1. The highest BCUT2D eigenvalue weighted by molar-refractivity contribution is 6.10. The first kappa shape index (κ1) is 10.4. The van der Waals surface area contributed by atoms with Crippen molar-refractivity contribution in [1.29, 1.82) is 5.41 Å². The van der Waals surface area contributed by atoms with Gasteiger partial charge in [0.1, 0.15) is 5.75 Å². The molecule has 0 aliphatic heterocycles. The number of rotatable bonds is 2. The molecule has 2 N–H and O–H groups in total. The van der Waals surface area contributed by atoms with Crippen LogP contribution in [0.4, 0.5) is 0 Å². The normalized spacial score (nSPS) is 10.1. The number of benzene rings is 2. The lowest BCUT2D eigenvalue weighted by Gasteiger charge is -2.05. The van der Waals surface area contributed by atoms with Gasteiger partial charge in [0.15, 0.2) is 0 Å². The molecule has 0 amide bonds. The predicted molar refractivity (Wildman–Crippen MR) is 65.2 cm³/mol. The molecule has 2 rings (SSSR count). The average Bonchev–Trinajstić information content (AvgIpc) is 2.29. The zero-order valence-electron chi connectivity index (χ0n) is 9.07. The van der Waals surface area contributed by atoms with Crippen molar-refractivity contribution in [3.05, 3.63) is 65.2 Å². The lowest BCUT2D eigenvalue weighted by Crippen LogP contribution is -2.00. The fourth-order valence-corrected chi connectivity index (χ4v) is 1.60. The fourth-order valence-electron chi connectivity index (χ4n) is 1.60. The molecule has 80 valence electrons. The maximum atomic E-state index is 9.18. The largest absolute Gasteiger partial charge is 0.508 e. The van der Waals surface area contributed by atoms with Gasteiger partial charge < -0.3 is 5.11 Å². The number of hydrogen-bond acceptors (Lipinski definition) is 2. The van der Waals surface area contributed by atoms with Gasteiger partial charge in [0.05, 0.1) is 5.71 Å². The monoisotopic (exact) mass is 211 g/mol. The van der Waals surface area contributed by atoms with E-state index in [2.05, 4.69) is 0 Å². The lowest BCUT2D eigenvalue weighted by atomic mass is 10.0. The third-order valence-corrected chi connectivity index (χ3v) is 2.46. The first-order valence-corrected chi connectivity index (χ1v) is 5.12. The van der Waals surface area contributed by atoms with Crippen LogP contribution < -0.4 is 0 Å². The van der Waals surface area contributed by atoms with E-state index in [0.29, 0.717) is 5.71 Å². The second-order valence-corrected chi connectivity index (χ2v) is 3.79. The molecule has 2 nitrogen and oxygen atoms in total. The zero-order chi connectivity index (χ0) is 11.5. The summed E-state index contributed by atoms with van der Waals surface area (Å²) in [5.41, 5.74) is 3.32. The molecule has 0 radical (unpaired) electrons. The minimum Gasteiger partial charge on any atom is -0.508 e. The van der Waals surface area contributed by atoms with Crippen LogP contribution in [0.3, 0.4) is 0 Å². The Balaban J connectivity index is 2.35. The minimum atomic E-state index is 0.223. The fraction of sp³-hybridized carbons (Fsp3) is 0.0714. The number of hydrogen-bond donors (Lipinski definition) is 2. The van der Waals surface area contributed by atoms with Crippen LogP contribution in [0.25, 0.3) is 0 Å². The van der Waals surface area contributed by atoms with Crippen LogP contribution in [0.1, 0.15) is 16.7 Å². The standard InChI is InChI=1S/C14H13NO/c1-10-3-2-4-12(9-10)14(15)11-5-7-13(16)8-6-11/h2-9,15-16H,1H3. The molecule has 0 aliphatic rings. The van der Waals surface area contributed by atoms with Crippen LogP contribution in [0.15, 0.2) is 48.5 Å². The molecule has 0 unspecified atom stereocenters. The summed E-state index contributed by atoms with van der Waals surface area (Å²) in [7, 11) is 0. The molecule has 0 spiro atoms. The Morgan fingerprint density at radius 2 is 1.69 bits per heavy atom. The van der Waals surface area contributed by atoms with Crippen LogP contribution in [0, 0.1) is 12.3 Å². The summed E-state index contributed by atoms with van der Waals surface area (Å²) >= 11 is 0. The van der Waals surface area contributed by atoms with Gasteiger partial charge in [-0.05, 0) is 37.3 Å². The van der Waals surface area contributed by atoms with Gasteiger partial charge in [-0.1, -0.05) is 23.8 Å². The Kier molecular flexibility index (Phi) is 2.73. The Hall–Kier alpha value is -2.09. The van der Waals surface area contributed by atoms with Gasteiger partial charge in [-0.3, -0.25) is 5.41 Å². The van der Waals surface area contributed by atoms with Gasteiger partial charge in [-0.15, -0.1) is 0 Å². The second kappa shape index (κ2) is 4.19. The van der Waals surface area contributed by atoms with Crippen LogP contribution in [0.5, 0.6) is 5.75 Å². The molecular formula is C14H13NO. The molecule has 16 heavy (non-hydrogen) atoms. The number of phenolic OH excluding ortho intramolecular Hbond substituents is 1. The highest BCUT2D eigenvalue weighted by Gasteiger charge is 2.04. The third kappa shape index (κ3) is 2.11. The van der Waals surface area contributed by atoms with Gasteiger partial charge in [0.25, 0.3) is 0 Å². The number of aryl methyl sites for hydroxylation is 1. The van der Waals surface area contributed by atoms with E-state index >= 15 is 0 Å². The molecule has 2 heteroatoms. The Morgan fingerprint density at radius 1 is 1.00 bits per heavy atom. The maximum Gasteiger partial charge on any atom is 0.115 e. The molecule has 0 bridgehead atoms. The first-order chi connectivity index (χ1) is 7.66. The van der Waals surface area contributed by atoms with Crippen molar-refractivity contribution in [1.82, 2.24) is 0 Å². The molecule has 0 aromatic heterocycles. The summed E-state index contributed by atoms with van der Waals surface area (Å²) < 4.78 is 0. The molecule has 2 aromatic rings. The van der Waals surface area contributed by atoms with E-state index in [-0.39, 0.29) is 5.75 Å². The molecule has 2 aromatic carbocycles. The van der Waals surface area contributed by atoms with Gasteiger partial charge in [0, 0.05) is 11.1 Å². The maximum absolute atomic E-state index is 9.18. The molecule has 0 heterocycles. The average molecular weight is 211 g/mol. The highest BCUT2D eigenvalue weighted by Crippen LogP contribution is 2.14. The molecule has 0 fully saturated rings. The molecular weight excluding hydrogens is 198 g/mol. The van der Waals surface area contributed by atoms with Crippen LogP contribution in [-0.4, -0.2) is 10.8 Å². The summed E-state index contributed by atoms with van der Waals surface area (Å²) in [6, 6.07) is 14.5. The SMILES string of the molecule is Cc1cccc(C(=N)c2ccc(O)cc2)c1. The molecule has 0 aliphatic carbocycles. The van der Waals surface area contributed by atoms with E-state index in [1.54, 1.807) is 24.3 Å². The van der Waals surface area contributed by atoms with Crippen molar-refractivity contribution >= 4 is 5.71 Å². The van der Waals surface area contributed by atoms with Crippen molar-refractivity contribution < 1.29 is 5.11 Å². The summed E-state index contributed by atoms with van der Waals surface area (Å²) in [4.78, 5) is 0. The van der Waals surface area contributed by atoms with Crippen LogP contribution in [0.2, 0.25) is 0 Å². The Morgan fingerprint density at radius 3 is 2.31 bits per heavy atom. The smallest absolute Gasteiger partial charge is 0.115 e.